The lowest BCUT2D eigenvalue weighted by Gasteiger charge is -2.21. The van der Waals surface area contributed by atoms with Crippen molar-refractivity contribution in [3.8, 4) is 11.8 Å². The minimum absolute atomic E-state index is 0.0346. The topological polar surface area (TPSA) is 20.3 Å². The molecular formula is C20H14ClF4NO. The summed E-state index contributed by atoms with van der Waals surface area (Å²) in [4.78, 5) is 12.3. The molecule has 0 atom stereocenters. The second-order valence-corrected chi connectivity index (χ2v) is 6.49. The Balaban J connectivity index is 1.93. The number of alkyl halides is 3. The molecule has 2 aromatic rings. The summed E-state index contributed by atoms with van der Waals surface area (Å²) in [6.07, 6.45) is -4.44. The molecule has 0 aliphatic carbocycles. The molecule has 1 aliphatic heterocycles. The number of carbonyl (C=O) groups excluding carboxylic acids is 1. The first-order chi connectivity index (χ1) is 12.8. The highest BCUT2D eigenvalue weighted by Crippen LogP contribution is 2.28. The summed E-state index contributed by atoms with van der Waals surface area (Å²) in [7, 11) is 0. The van der Waals surface area contributed by atoms with Gasteiger partial charge in [0.15, 0.2) is 0 Å². The van der Waals surface area contributed by atoms with Crippen molar-refractivity contribution in [1.29, 1.82) is 0 Å². The molecule has 2 aromatic carbocycles. The Bertz CT molecular complexity index is 943. The van der Waals surface area contributed by atoms with E-state index >= 15 is 0 Å². The van der Waals surface area contributed by atoms with Crippen LogP contribution in [0.25, 0.3) is 0 Å². The normalized spacial score (nSPS) is 14.0. The molecule has 0 spiro atoms. The molecule has 0 unspecified atom stereocenters. The first-order valence-corrected chi connectivity index (χ1v) is 8.58. The third kappa shape index (κ3) is 4.25. The summed E-state index contributed by atoms with van der Waals surface area (Å²) in [5, 5.41) is 0.341. The molecule has 2 nitrogen and oxygen atoms in total. The summed E-state index contributed by atoms with van der Waals surface area (Å²) in [5.41, 5.74) is 2.14. The third-order valence-corrected chi connectivity index (χ3v) is 4.68. The van der Waals surface area contributed by atoms with E-state index in [2.05, 4.69) is 11.8 Å². The first kappa shape index (κ1) is 19.2. The largest absolute Gasteiger partial charge is 0.471 e. The van der Waals surface area contributed by atoms with Crippen molar-refractivity contribution in [1.82, 2.24) is 4.90 Å². The van der Waals surface area contributed by atoms with Crippen LogP contribution in [-0.4, -0.2) is 30.1 Å². The smallest absolute Gasteiger partial charge is 0.334 e. The monoisotopic (exact) mass is 395 g/mol. The number of rotatable bonds is 0. The average Bonchev–Trinajstić information content (AvgIpc) is 2.83. The van der Waals surface area contributed by atoms with Crippen LogP contribution in [0.2, 0.25) is 5.02 Å². The molecule has 3 rings (SSSR count). The quantitative estimate of drug-likeness (QED) is 0.479. The number of benzene rings is 2. The van der Waals surface area contributed by atoms with Gasteiger partial charge >= 0.3 is 12.1 Å². The van der Waals surface area contributed by atoms with E-state index in [1.807, 2.05) is 0 Å². The average molecular weight is 396 g/mol. The number of hydrogen-bond donors (Lipinski definition) is 0. The second kappa shape index (κ2) is 7.61. The van der Waals surface area contributed by atoms with Gasteiger partial charge in [0, 0.05) is 18.7 Å². The van der Waals surface area contributed by atoms with E-state index in [4.69, 9.17) is 11.6 Å². The van der Waals surface area contributed by atoms with Crippen LogP contribution < -0.4 is 0 Å². The van der Waals surface area contributed by atoms with Gasteiger partial charge in [-0.3, -0.25) is 4.79 Å². The lowest BCUT2D eigenvalue weighted by molar-refractivity contribution is -0.185. The van der Waals surface area contributed by atoms with Gasteiger partial charge < -0.3 is 4.90 Å². The minimum atomic E-state index is -4.90. The highest BCUT2D eigenvalue weighted by atomic mass is 35.5. The standard InChI is InChI=1S/C20H14ClF4NO/c21-17-8-6-13-9-11-26(19(27)20(23,24)25)12-10-15(13)16(17)7-5-14-3-1-2-4-18(14)22/h1-4,6,8H,9-12H2. The fraction of sp³-hybridized carbons (Fsp3) is 0.250. The van der Waals surface area contributed by atoms with Crippen LogP contribution in [0.15, 0.2) is 36.4 Å². The predicted octanol–water partition coefficient (Wildman–Crippen LogP) is 4.37. The molecule has 0 saturated heterocycles. The van der Waals surface area contributed by atoms with Crippen LogP contribution in [0.4, 0.5) is 17.6 Å². The summed E-state index contributed by atoms with van der Waals surface area (Å²) in [6, 6.07) is 9.37. The molecule has 0 N–H and O–H groups in total. The van der Waals surface area contributed by atoms with Crippen LogP contribution in [0.5, 0.6) is 0 Å². The van der Waals surface area contributed by atoms with Crippen LogP contribution >= 0.6 is 11.6 Å². The number of fused-ring (bicyclic) bond motifs is 1. The van der Waals surface area contributed by atoms with Gasteiger partial charge in [-0.05, 0) is 42.2 Å². The van der Waals surface area contributed by atoms with Crippen molar-refractivity contribution in [3.05, 3.63) is 69.5 Å². The zero-order valence-electron chi connectivity index (χ0n) is 14.0. The summed E-state index contributed by atoms with van der Waals surface area (Å²) in [5.74, 6) is 3.27. The molecule has 7 heteroatoms. The van der Waals surface area contributed by atoms with Crippen molar-refractivity contribution in [2.75, 3.05) is 13.1 Å². The molecule has 27 heavy (non-hydrogen) atoms. The predicted molar refractivity (Wildman–Crippen MR) is 93.9 cm³/mol. The van der Waals surface area contributed by atoms with Crippen LogP contribution in [0, 0.1) is 17.7 Å². The lowest BCUT2D eigenvalue weighted by Crippen LogP contribution is -2.42. The Kier molecular flexibility index (Phi) is 5.43. The Labute approximate surface area is 158 Å². The maximum atomic E-state index is 13.8. The van der Waals surface area contributed by atoms with Gasteiger partial charge in [0.1, 0.15) is 5.82 Å². The van der Waals surface area contributed by atoms with Crippen molar-refractivity contribution in [2.45, 2.75) is 19.0 Å². The molecule has 0 radical (unpaired) electrons. The van der Waals surface area contributed by atoms with Crippen LogP contribution in [-0.2, 0) is 17.6 Å². The van der Waals surface area contributed by atoms with Gasteiger partial charge in [0.05, 0.1) is 10.6 Å². The summed E-state index contributed by atoms with van der Waals surface area (Å²) in [6.45, 7) is -0.118. The van der Waals surface area contributed by atoms with Gasteiger partial charge in [-0.25, -0.2) is 4.39 Å². The van der Waals surface area contributed by atoms with E-state index in [9.17, 15) is 22.4 Å². The molecular weight excluding hydrogens is 382 g/mol. The second-order valence-electron chi connectivity index (χ2n) is 6.08. The van der Waals surface area contributed by atoms with Gasteiger partial charge in [0.2, 0.25) is 0 Å². The fourth-order valence-corrected chi connectivity index (χ4v) is 3.23. The van der Waals surface area contributed by atoms with Gasteiger partial charge in [-0.15, -0.1) is 0 Å². The SMILES string of the molecule is O=C(N1CCc2ccc(Cl)c(C#Cc3ccccc3F)c2CC1)C(F)(F)F. The van der Waals surface area contributed by atoms with E-state index in [1.54, 1.807) is 24.3 Å². The van der Waals surface area contributed by atoms with Crippen molar-refractivity contribution < 1.29 is 22.4 Å². The Morgan fingerprint density at radius 1 is 1.04 bits per heavy atom. The zero-order chi connectivity index (χ0) is 19.6. The van der Waals surface area contributed by atoms with Gasteiger partial charge in [0.25, 0.3) is 0 Å². The van der Waals surface area contributed by atoms with E-state index in [0.717, 1.165) is 10.5 Å². The Morgan fingerprint density at radius 2 is 1.74 bits per heavy atom. The number of halogens is 5. The van der Waals surface area contributed by atoms with Crippen molar-refractivity contribution in [2.24, 2.45) is 0 Å². The summed E-state index contributed by atoms with van der Waals surface area (Å²) < 4.78 is 51.9. The zero-order valence-corrected chi connectivity index (χ0v) is 14.8. The number of hydrogen-bond acceptors (Lipinski definition) is 1. The van der Waals surface area contributed by atoms with E-state index < -0.39 is 17.9 Å². The number of carbonyl (C=O) groups is 1. The Hall–Kier alpha value is -2.52. The van der Waals surface area contributed by atoms with Crippen LogP contribution in [0.1, 0.15) is 22.3 Å². The molecule has 0 fully saturated rings. The maximum absolute atomic E-state index is 13.8. The molecule has 0 bridgehead atoms. The number of amides is 1. The molecule has 1 amide bonds. The van der Waals surface area contributed by atoms with E-state index in [0.29, 0.717) is 16.1 Å². The minimum Gasteiger partial charge on any atom is -0.334 e. The molecule has 1 aliphatic rings. The number of nitrogens with zero attached hydrogens (tertiary/aromatic N) is 1. The van der Waals surface area contributed by atoms with Gasteiger partial charge in [-0.2, -0.15) is 13.2 Å². The third-order valence-electron chi connectivity index (χ3n) is 4.37. The molecule has 140 valence electrons. The molecule has 1 heterocycles. The molecule has 0 saturated carbocycles. The molecule has 0 aromatic heterocycles. The highest BCUT2D eigenvalue weighted by molar-refractivity contribution is 6.31. The lowest BCUT2D eigenvalue weighted by atomic mass is 9.97. The van der Waals surface area contributed by atoms with E-state index in [1.165, 1.54) is 12.1 Å². The maximum Gasteiger partial charge on any atom is 0.471 e. The first-order valence-electron chi connectivity index (χ1n) is 8.20. The van der Waals surface area contributed by atoms with Gasteiger partial charge in [-0.1, -0.05) is 41.6 Å². The van der Waals surface area contributed by atoms with E-state index in [-0.39, 0.29) is 31.5 Å². The Morgan fingerprint density at radius 3 is 2.44 bits per heavy atom. The summed E-state index contributed by atoms with van der Waals surface area (Å²) >= 11 is 6.24. The highest BCUT2D eigenvalue weighted by Gasteiger charge is 2.42. The van der Waals surface area contributed by atoms with Crippen LogP contribution in [0.3, 0.4) is 0 Å². The van der Waals surface area contributed by atoms with Crippen molar-refractivity contribution >= 4 is 17.5 Å². The van der Waals surface area contributed by atoms with Crippen molar-refractivity contribution in [3.63, 3.8) is 0 Å². The fourth-order valence-electron chi connectivity index (χ4n) is 3.01.